The van der Waals surface area contributed by atoms with Gasteiger partial charge in [-0.05, 0) is 60.7 Å². The molecule has 2 aliphatic rings. The molecule has 0 saturated carbocycles. The Hall–Kier alpha value is -2.62. The van der Waals surface area contributed by atoms with Gasteiger partial charge in [0.15, 0.2) is 5.17 Å². The van der Waals surface area contributed by atoms with E-state index in [4.69, 9.17) is 9.47 Å². The molecule has 184 valence electrons. The molecule has 0 unspecified atom stereocenters. The van der Waals surface area contributed by atoms with Crippen molar-refractivity contribution in [2.24, 2.45) is 4.99 Å². The smallest absolute Gasteiger partial charge is 0.266 e. The van der Waals surface area contributed by atoms with Crippen LogP contribution < -0.4 is 4.74 Å². The Morgan fingerprint density at radius 1 is 1.23 bits per heavy atom. The maximum absolute atomic E-state index is 13.0. The van der Waals surface area contributed by atoms with Crippen LogP contribution in [0.3, 0.4) is 0 Å². The maximum atomic E-state index is 13.0. The second-order valence-electron chi connectivity index (χ2n) is 8.21. The van der Waals surface area contributed by atoms with E-state index >= 15 is 0 Å². The molecular formula is C26H28BrN3O4S. The van der Waals surface area contributed by atoms with Gasteiger partial charge < -0.3 is 14.4 Å². The van der Waals surface area contributed by atoms with Gasteiger partial charge in [0.2, 0.25) is 0 Å². The third kappa shape index (κ3) is 6.34. The van der Waals surface area contributed by atoms with Crippen LogP contribution in [0.2, 0.25) is 0 Å². The number of carbonyl (C=O) groups is 2. The van der Waals surface area contributed by atoms with Crippen LogP contribution in [0, 0.1) is 0 Å². The van der Waals surface area contributed by atoms with E-state index in [0.717, 1.165) is 28.6 Å². The van der Waals surface area contributed by atoms with Gasteiger partial charge >= 0.3 is 0 Å². The summed E-state index contributed by atoms with van der Waals surface area (Å²) in [6.45, 7) is 5.01. The van der Waals surface area contributed by atoms with Crippen molar-refractivity contribution < 1.29 is 19.1 Å². The van der Waals surface area contributed by atoms with E-state index in [1.54, 1.807) is 24.1 Å². The lowest BCUT2D eigenvalue weighted by atomic mass is 10.1. The van der Waals surface area contributed by atoms with Crippen LogP contribution in [0.25, 0.3) is 6.08 Å². The molecule has 35 heavy (non-hydrogen) atoms. The highest BCUT2D eigenvalue weighted by Crippen LogP contribution is 2.35. The molecule has 0 aromatic heterocycles. The van der Waals surface area contributed by atoms with E-state index in [2.05, 4.69) is 27.8 Å². The molecule has 0 bridgehead atoms. The molecule has 2 heterocycles. The second kappa shape index (κ2) is 11.9. The lowest BCUT2D eigenvalue weighted by Crippen LogP contribution is -2.40. The van der Waals surface area contributed by atoms with Crippen molar-refractivity contribution in [3.63, 3.8) is 0 Å². The van der Waals surface area contributed by atoms with Crippen LogP contribution in [-0.4, -0.2) is 66.7 Å². The zero-order chi connectivity index (χ0) is 24.8. The number of ether oxygens (including phenoxy) is 2. The van der Waals surface area contributed by atoms with E-state index in [9.17, 15) is 9.59 Å². The monoisotopic (exact) mass is 557 g/mol. The lowest BCUT2D eigenvalue weighted by Gasteiger charge is -2.26. The first-order chi connectivity index (χ1) is 17.0. The van der Waals surface area contributed by atoms with Crippen LogP contribution in [0.4, 0.5) is 5.69 Å². The lowest BCUT2D eigenvalue weighted by molar-refractivity contribution is -0.121. The Kier molecular flexibility index (Phi) is 8.64. The van der Waals surface area contributed by atoms with E-state index < -0.39 is 0 Å². The molecule has 2 aliphatic heterocycles. The van der Waals surface area contributed by atoms with Crippen molar-refractivity contribution in [1.82, 2.24) is 9.80 Å². The second-order valence-corrected chi connectivity index (χ2v) is 10.1. The zero-order valence-corrected chi connectivity index (χ0v) is 22.2. The normalized spacial score (nSPS) is 18.5. The summed E-state index contributed by atoms with van der Waals surface area (Å²) in [6.07, 6.45) is 3.86. The number of carbonyl (C=O) groups excluding carboxylic acids is 2. The number of amidine groups is 1. The molecule has 0 spiro atoms. The van der Waals surface area contributed by atoms with Crippen molar-refractivity contribution in [3.8, 4) is 5.75 Å². The van der Waals surface area contributed by atoms with Crippen LogP contribution in [0.15, 0.2) is 56.8 Å². The molecule has 2 fully saturated rings. The van der Waals surface area contributed by atoms with Crippen molar-refractivity contribution in [1.29, 1.82) is 0 Å². The highest BCUT2D eigenvalue weighted by molar-refractivity contribution is 9.10. The first kappa shape index (κ1) is 25.5. The summed E-state index contributed by atoms with van der Waals surface area (Å²) >= 11 is 4.82. The summed E-state index contributed by atoms with van der Waals surface area (Å²) in [6, 6.07) is 13.0. The Morgan fingerprint density at radius 3 is 2.80 bits per heavy atom. The fourth-order valence-electron chi connectivity index (χ4n) is 3.65. The Morgan fingerprint density at radius 2 is 2.03 bits per heavy atom. The van der Waals surface area contributed by atoms with Crippen molar-refractivity contribution in [2.75, 3.05) is 40.0 Å². The molecule has 0 N–H and O–H groups in total. The molecule has 0 atom stereocenters. The van der Waals surface area contributed by atoms with Crippen LogP contribution in [0.1, 0.15) is 35.7 Å². The van der Waals surface area contributed by atoms with Gasteiger partial charge in [0.25, 0.3) is 11.8 Å². The largest absolute Gasteiger partial charge is 0.493 e. The molecule has 0 aliphatic carbocycles. The minimum atomic E-state index is -0.131. The van der Waals surface area contributed by atoms with Gasteiger partial charge in [-0.3, -0.25) is 14.5 Å². The van der Waals surface area contributed by atoms with Gasteiger partial charge in [-0.25, -0.2) is 4.99 Å². The first-order valence-corrected chi connectivity index (χ1v) is 13.2. The number of nitrogens with zero attached hydrogens (tertiary/aromatic N) is 3. The highest BCUT2D eigenvalue weighted by atomic mass is 79.9. The Balaban J connectivity index is 1.55. The molecular weight excluding hydrogens is 530 g/mol. The van der Waals surface area contributed by atoms with Crippen LogP contribution >= 0.6 is 27.7 Å². The van der Waals surface area contributed by atoms with E-state index in [1.165, 1.54) is 16.7 Å². The van der Waals surface area contributed by atoms with Crippen molar-refractivity contribution in [3.05, 3.63) is 63.0 Å². The van der Waals surface area contributed by atoms with Gasteiger partial charge in [-0.15, -0.1) is 0 Å². The number of hydrogen-bond donors (Lipinski definition) is 0. The van der Waals surface area contributed by atoms with Gasteiger partial charge in [-0.2, -0.15) is 0 Å². The topological polar surface area (TPSA) is 71.4 Å². The Bertz CT molecular complexity index is 1160. The molecule has 2 aromatic rings. The summed E-state index contributed by atoms with van der Waals surface area (Å²) in [5.74, 6) is 0.573. The summed E-state index contributed by atoms with van der Waals surface area (Å²) in [7, 11) is 1.71. The quantitative estimate of drug-likeness (QED) is 0.339. The minimum absolute atomic E-state index is 0.0373. The number of rotatable bonds is 7. The number of morpholine rings is 1. The number of likely N-dealkylation sites (N-methyl/N-ethyl adjacent to an activating group) is 1. The van der Waals surface area contributed by atoms with E-state index in [-0.39, 0.29) is 11.8 Å². The summed E-state index contributed by atoms with van der Waals surface area (Å²) in [5, 5.41) is 0.556. The number of unbranched alkanes of at least 4 members (excludes halogenated alkanes) is 1. The fraction of sp³-hybridized carbons (Fsp3) is 0.346. The van der Waals surface area contributed by atoms with Gasteiger partial charge in [-0.1, -0.05) is 35.3 Å². The SMILES string of the molecule is CCCCOc1ccc(Br)cc1/C=C1/SC(=Nc2cccc(C(=O)N3CCOCC3)c2)N(C)C1=O. The molecule has 4 rings (SSSR count). The molecule has 7 nitrogen and oxygen atoms in total. The third-order valence-electron chi connectivity index (χ3n) is 5.63. The van der Waals surface area contributed by atoms with Crippen LogP contribution in [0.5, 0.6) is 5.75 Å². The number of benzene rings is 2. The minimum Gasteiger partial charge on any atom is -0.493 e. The van der Waals surface area contributed by atoms with E-state index in [0.29, 0.717) is 54.2 Å². The summed E-state index contributed by atoms with van der Waals surface area (Å²) < 4.78 is 12.2. The predicted octanol–water partition coefficient (Wildman–Crippen LogP) is 5.33. The highest BCUT2D eigenvalue weighted by Gasteiger charge is 2.31. The Labute approximate surface area is 218 Å². The molecule has 2 aromatic carbocycles. The van der Waals surface area contributed by atoms with Crippen molar-refractivity contribution in [2.45, 2.75) is 19.8 Å². The molecule has 9 heteroatoms. The molecule has 2 amide bonds. The van der Waals surface area contributed by atoms with Crippen LogP contribution in [-0.2, 0) is 9.53 Å². The summed E-state index contributed by atoms with van der Waals surface area (Å²) in [5.41, 5.74) is 2.03. The number of amides is 2. The maximum Gasteiger partial charge on any atom is 0.266 e. The number of hydrogen-bond acceptors (Lipinski definition) is 6. The average Bonchev–Trinajstić information content (AvgIpc) is 3.13. The number of thioether (sulfide) groups is 1. The molecule has 0 radical (unpaired) electrons. The van der Waals surface area contributed by atoms with E-state index in [1.807, 2.05) is 36.4 Å². The van der Waals surface area contributed by atoms with Gasteiger partial charge in [0.05, 0.1) is 30.4 Å². The number of halogens is 1. The standard InChI is InChI=1S/C26H28BrN3O4S/c1-3-4-12-34-22-9-8-20(27)15-19(22)17-23-25(32)29(2)26(35-23)28-21-7-5-6-18(16-21)24(31)30-10-13-33-14-11-30/h5-9,15-17H,3-4,10-14H2,1-2H3/b23-17+,28-26?. The molecule has 2 saturated heterocycles. The summed E-state index contributed by atoms with van der Waals surface area (Å²) in [4.78, 5) is 34.4. The predicted molar refractivity (Wildman–Crippen MR) is 143 cm³/mol. The average molecular weight is 558 g/mol. The fourth-order valence-corrected chi connectivity index (χ4v) is 5.01. The van der Waals surface area contributed by atoms with Gasteiger partial charge in [0.1, 0.15) is 5.75 Å². The number of aliphatic imine (C=N–C) groups is 1. The van der Waals surface area contributed by atoms with Gasteiger partial charge in [0, 0.05) is 35.7 Å². The third-order valence-corrected chi connectivity index (χ3v) is 7.19. The van der Waals surface area contributed by atoms with Crippen molar-refractivity contribution >= 4 is 56.4 Å². The zero-order valence-electron chi connectivity index (χ0n) is 19.8. The first-order valence-electron chi connectivity index (χ1n) is 11.6.